The molecule has 1 unspecified atom stereocenters. The molecule has 0 radical (unpaired) electrons. The lowest BCUT2D eigenvalue weighted by atomic mass is 9.95. The molecule has 2 aliphatic heterocycles. The van der Waals surface area contributed by atoms with E-state index in [9.17, 15) is 14.4 Å². The van der Waals surface area contributed by atoms with Gasteiger partial charge in [-0.05, 0) is 62.2 Å². The SMILES string of the molecule is CC(=O)c1ccc(N2CCN(C(=O)C3CCCN(C(=O)c4ccc(Cl)c(Cl)c4)C3)CC2)cc1. The molecule has 2 heterocycles. The summed E-state index contributed by atoms with van der Waals surface area (Å²) >= 11 is 12.0. The Morgan fingerprint density at radius 3 is 2.12 bits per heavy atom. The molecule has 2 amide bonds. The van der Waals surface area contributed by atoms with Gasteiger partial charge in [0.25, 0.3) is 5.91 Å². The molecule has 4 rings (SSSR count). The van der Waals surface area contributed by atoms with E-state index in [2.05, 4.69) is 4.90 Å². The second-order valence-corrected chi connectivity index (χ2v) is 9.45. The van der Waals surface area contributed by atoms with E-state index in [1.807, 2.05) is 29.2 Å². The molecule has 0 aliphatic carbocycles. The Balaban J connectivity index is 1.34. The fourth-order valence-corrected chi connectivity index (χ4v) is 4.82. The lowest BCUT2D eigenvalue weighted by molar-refractivity contribution is -0.137. The summed E-state index contributed by atoms with van der Waals surface area (Å²) in [5, 5.41) is 0.759. The normalized spacial score (nSPS) is 18.9. The minimum Gasteiger partial charge on any atom is -0.368 e. The van der Waals surface area contributed by atoms with Crippen molar-refractivity contribution < 1.29 is 14.4 Å². The summed E-state index contributed by atoms with van der Waals surface area (Å²) in [7, 11) is 0. The van der Waals surface area contributed by atoms with Gasteiger partial charge in [-0.3, -0.25) is 14.4 Å². The Labute approximate surface area is 204 Å². The first kappa shape index (κ1) is 23.6. The molecule has 0 N–H and O–H groups in total. The van der Waals surface area contributed by atoms with Crippen molar-refractivity contribution in [2.75, 3.05) is 44.2 Å². The van der Waals surface area contributed by atoms with E-state index in [1.165, 1.54) is 0 Å². The molecule has 174 valence electrons. The highest BCUT2D eigenvalue weighted by Crippen LogP contribution is 2.26. The number of amides is 2. The van der Waals surface area contributed by atoms with Crippen LogP contribution in [-0.2, 0) is 4.79 Å². The van der Waals surface area contributed by atoms with Crippen LogP contribution in [0.5, 0.6) is 0 Å². The predicted molar refractivity (Wildman–Crippen MR) is 130 cm³/mol. The van der Waals surface area contributed by atoms with Gasteiger partial charge in [0.15, 0.2) is 5.78 Å². The van der Waals surface area contributed by atoms with Gasteiger partial charge in [-0.1, -0.05) is 23.2 Å². The van der Waals surface area contributed by atoms with Gasteiger partial charge in [-0.15, -0.1) is 0 Å². The van der Waals surface area contributed by atoms with Gasteiger partial charge in [0.2, 0.25) is 5.91 Å². The monoisotopic (exact) mass is 487 g/mol. The summed E-state index contributed by atoms with van der Waals surface area (Å²) in [4.78, 5) is 43.5. The minimum absolute atomic E-state index is 0.0520. The summed E-state index contributed by atoms with van der Waals surface area (Å²) in [5.41, 5.74) is 2.25. The number of hydrogen-bond acceptors (Lipinski definition) is 4. The lowest BCUT2D eigenvalue weighted by Crippen LogP contribution is -2.53. The number of hydrogen-bond donors (Lipinski definition) is 0. The molecule has 2 aromatic rings. The van der Waals surface area contributed by atoms with Crippen LogP contribution in [0.1, 0.15) is 40.5 Å². The maximum absolute atomic E-state index is 13.2. The molecule has 2 aliphatic rings. The molecule has 2 fully saturated rings. The predicted octanol–water partition coefficient (Wildman–Crippen LogP) is 4.40. The van der Waals surface area contributed by atoms with Gasteiger partial charge < -0.3 is 14.7 Å². The molecule has 0 saturated carbocycles. The van der Waals surface area contributed by atoms with Crippen molar-refractivity contribution in [3.63, 3.8) is 0 Å². The van der Waals surface area contributed by atoms with Gasteiger partial charge in [0, 0.05) is 56.1 Å². The van der Waals surface area contributed by atoms with Crippen molar-refractivity contribution >= 4 is 46.5 Å². The zero-order valence-corrected chi connectivity index (χ0v) is 20.1. The topological polar surface area (TPSA) is 60.9 Å². The van der Waals surface area contributed by atoms with E-state index < -0.39 is 0 Å². The third-order valence-corrected chi connectivity index (χ3v) is 7.19. The second kappa shape index (κ2) is 10.1. The second-order valence-electron chi connectivity index (χ2n) is 8.63. The Morgan fingerprint density at radius 1 is 0.818 bits per heavy atom. The van der Waals surface area contributed by atoms with E-state index >= 15 is 0 Å². The summed E-state index contributed by atoms with van der Waals surface area (Å²) in [6.07, 6.45) is 1.59. The molecular weight excluding hydrogens is 461 g/mol. The molecule has 0 spiro atoms. The van der Waals surface area contributed by atoms with Gasteiger partial charge in [0.1, 0.15) is 0 Å². The number of halogens is 2. The van der Waals surface area contributed by atoms with Crippen molar-refractivity contribution in [1.82, 2.24) is 9.80 Å². The summed E-state index contributed by atoms with van der Waals surface area (Å²) in [6, 6.07) is 12.5. The Hall–Kier alpha value is -2.57. The average molecular weight is 488 g/mol. The fraction of sp³-hybridized carbons (Fsp3) is 0.400. The molecule has 33 heavy (non-hydrogen) atoms. The lowest BCUT2D eigenvalue weighted by Gasteiger charge is -2.39. The van der Waals surface area contributed by atoms with Crippen molar-refractivity contribution in [2.24, 2.45) is 5.92 Å². The van der Waals surface area contributed by atoms with Crippen molar-refractivity contribution in [1.29, 1.82) is 0 Å². The van der Waals surface area contributed by atoms with Crippen molar-refractivity contribution in [3.8, 4) is 0 Å². The van der Waals surface area contributed by atoms with Crippen LogP contribution in [0.3, 0.4) is 0 Å². The smallest absolute Gasteiger partial charge is 0.253 e. The van der Waals surface area contributed by atoms with Crippen LogP contribution in [0.25, 0.3) is 0 Å². The van der Waals surface area contributed by atoms with Gasteiger partial charge in [-0.2, -0.15) is 0 Å². The highest BCUT2D eigenvalue weighted by molar-refractivity contribution is 6.42. The number of ketones is 1. The first-order valence-electron chi connectivity index (χ1n) is 11.2. The maximum Gasteiger partial charge on any atom is 0.253 e. The first-order valence-corrected chi connectivity index (χ1v) is 12.0. The molecule has 8 heteroatoms. The van der Waals surface area contributed by atoms with E-state index in [0.29, 0.717) is 47.4 Å². The van der Waals surface area contributed by atoms with E-state index in [4.69, 9.17) is 23.2 Å². The number of likely N-dealkylation sites (tertiary alicyclic amines) is 1. The Morgan fingerprint density at radius 2 is 1.48 bits per heavy atom. The number of piperazine rings is 1. The first-order chi connectivity index (χ1) is 15.8. The molecule has 6 nitrogen and oxygen atoms in total. The minimum atomic E-state index is -0.188. The number of carbonyl (C=O) groups is 3. The number of Topliss-reactive ketones (excluding diaryl/α,β-unsaturated/α-hetero) is 1. The molecule has 2 aromatic carbocycles. The molecule has 2 saturated heterocycles. The Bertz CT molecular complexity index is 1050. The van der Waals surface area contributed by atoms with Crippen LogP contribution in [-0.4, -0.2) is 66.7 Å². The molecule has 0 bridgehead atoms. The number of benzene rings is 2. The number of rotatable bonds is 4. The van der Waals surface area contributed by atoms with Crippen LogP contribution in [0.4, 0.5) is 5.69 Å². The highest BCUT2D eigenvalue weighted by Gasteiger charge is 2.33. The summed E-state index contributed by atoms with van der Waals surface area (Å²) in [5.74, 6) is -0.138. The summed E-state index contributed by atoms with van der Waals surface area (Å²) < 4.78 is 0. The standard InChI is InChI=1S/C25H27Cl2N3O3/c1-17(31)18-4-7-21(8-5-18)28-11-13-29(14-12-28)25(33)20-3-2-10-30(16-20)24(32)19-6-9-22(26)23(27)15-19/h4-9,15,20H,2-3,10-14,16H2,1H3. The van der Waals surface area contributed by atoms with Crippen LogP contribution < -0.4 is 4.90 Å². The van der Waals surface area contributed by atoms with E-state index in [1.54, 1.807) is 30.0 Å². The van der Waals surface area contributed by atoms with Gasteiger partial charge >= 0.3 is 0 Å². The third kappa shape index (κ3) is 5.33. The van der Waals surface area contributed by atoms with Gasteiger partial charge in [-0.25, -0.2) is 0 Å². The number of piperidine rings is 1. The maximum atomic E-state index is 13.2. The van der Waals surface area contributed by atoms with E-state index in [-0.39, 0.29) is 23.5 Å². The molecule has 0 aromatic heterocycles. The molecular formula is C25H27Cl2N3O3. The fourth-order valence-electron chi connectivity index (χ4n) is 4.53. The number of anilines is 1. The summed E-state index contributed by atoms with van der Waals surface area (Å²) in [6.45, 7) is 5.38. The van der Waals surface area contributed by atoms with E-state index in [0.717, 1.165) is 31.6 Å². The van der Waals surface area contributed by atoms with Crippen LogP contribution in [0, 0.1) is 5.92 Å². The average Bonchev–Trinajstić information content (AvgIpc) is 2.85. The zero-order valence-electron chi connectivity index (χ0n) is 18.6. The largest absolute Gasteiger partial charge is 0.368 e. The number of nitrogens with zero attached hydrogens (tertiary/aromatic N) is 3. The van der Waals surface area contributed by atoms with Crippen molar-refractivity contribution in [3.05, 3.63) is 63.6 Å². The quantitative estimate of drug-likeness (QED) is 0.599. The Kier molecular flexibility index (Phi) is 7.25. The van der Waals surface area contributed by atoms with Crippen molar-refractivity contribution in [2.45, 2.75) is 19.8 Å². The number of carbonyl (C=O) groups excluding carboxylic acids is 3. The molecule has 1 atom stereocenters. The van der Waals surface area contributed by atoms with Crippen LogP contribution in [0.2, 0.25) is 10.0 Å². The van der Waals surface area contributed by atoms with Gasteiger partial charge in [0.05, 0.1) is 16.0 Å². The van der Waals surface area contributed by atoms with Crippen LogP contribution in [0.15, 0.2) is 42.5 Å². The van der Waals surface area contributed by atoms with Crippen LogP contribution >= 0.6 is 23.2 Å². The highest BCUT2D eigenvalue weighted by atomic mass is 35.5. The zero-order chi connectivity index (χ0) is 23.5. The third-order valence-electron chi connectivity index (χ3n) is 6.45.